The first-order valence-corrected chi connectivity index (χ1v) is 13.3. The fraction of sp³-hybridized carbons (Fsp3) is 0.400. The summed E-state index contributed by atoms with van der Waals surface area (Å²) < 4.78 is 1.66. The summed E-state index contributed by atoms with van der Waals surface area (Å²) in [7, 11) is 1.71. The number of nitrogens with two attached hydrogens (primary N) is 3. The number of amides is 2. The van der Waals surface area contributed by atoms with Crippen LogP contribution >= 0.6 is 11.6 Å². The van der Waals surface area contributed by atoms with Crippen molar-refractivity contribution >= 4 is 46.8 Å². The summed E-state index contributed by atoms with van der Waals surface area (Å²) in [4.78, 5) is 39.9. The Bertz CT molecular complexity index is 1380. The summed E-state index contributed by atoms with van der Waals surface area (Å²) in [6.45, 7) is 4.45. The second kappa shape index (κ2) is 12.7. The predicted molar refractivity (Wildman–Crippen MR) is 153 cm³/mol. The van der Waals surface area contributed by atoms with Gasteiger partial charge in [0.25, 0.3) is 0 Å². The minimum atomic E-state index is -0.753. The van der Waals surface area contributed by atoms with E-state index in [1.54, 1.807) is 17.9 Å². The smallest absolute Gasteiger partial charge is 0.302 e. The van der Waals surface area contributed by atoms with E-state index in [1.807, 2.05) is 19.1 Å². The van der Waals surface area contributed by atoms with Gasteiger partial charge in [0.1, 0.15) is 0 Å². The van der Waals surface area contributed by atoms with E-state index in [2.05, 4.69) is 47.6 Å². The number of guanidine groups is 1. The maximum absolute atomic E-state index is 12.4. The molecule has 1 aliphatic heterocycles. The van der Waals surface area contributed by atoms with E-state index in [0.29, 0.717) is 12.2 Å². The van der Waals surface area contributed by atoms with E-state index >= 15 is 0 Å². The van der Waals surface area contributed by atoms with Crippen LogP contribution in [0.1, 0.15) is 48.7 Å². The molecule has 7 N–H and O–H groups in total. The van der Waals surface area contributed by atoms with Crippen molar-refractivity contribution in [2.75, 3.05) is 36.5 Å². The van der Waals surface area contributed by atoms with Gasteiger partial charge >= 0.3 is 5.91 Å². The van der Waals surface area contributed by atoms with Crippen LogP contribution in [0.2, 0.25) is 5.15 Å². The molecular weight excluding hydrogens is 536 g/mol. The molecule has 1 aromatic carbocycles. The maximum atomic E-state index is 12.4. The van der Waals surface area contributed by atoms with Gasteiger partial charge in [-0.3, -0.25) is 19.4 Å². The quantitative estimate of drug-likeness (QED) is 0.226. The van der Waals surface area contributed by atoms with E-state index in [9.17, 15) is 9.59 Å². The van der Waals surface area contributed by atoms with Crippen LogP contribution in [0.25, 0.3) is 5.69 Å². The van der Waals surface area contributed by atoms with Gasteiger partial charge in [-0.1, -0.05) is 35.9 Å². The summed E-state index contributed by atoms with van der Waals surface area (Å²) >= 11 is 5.83. The van der Waals surface area contributed by atoms with Crippen LogP contribution in [0, 0.1) is 0 Å². The van der Waals surface area contributed by atoms with Gasteiger partial charge in [-0.05, 0) is 37.0 Å². The third-order valence-corrected chi connectivity index (χ3v) is 6.82. The van der Waals surface area contributed by atoms with Gasteiger partial charge in [0, 0.05) is 39.1 Å². The number of hydrogen-bond acceptors (Lipinski definition) is 9. The average molecular weight is 569 g/mol. The molecule has 1 fully saturated rings. The van der Waals surface area contributed by atoms with Crippen molar-refractivity contribution in [2.45, 2.75) is 45.2 Å². The number of anilines is 3. The molecule has 0 bridgehead atoms. The highest BCUT2D eigenvalue weighted by molar-refractivity contribution is 6.31. The Kier molecular flexibility index (Phi) is 9.11. The van der Waals surface area contributed by atoms with Crippen molar-refractivity contribution in [3.8, 4) is 5.69 Å². The van der Waals surface area contributed by atoms with Crippen LogP contribution < -0.4 is 27.4 Å². The number of nitrogen functional groups attached to an aromatic ring is 2. The zero-order valence-electron chi connectivity index (χ0n) is 22.4. The molecule has 15 heteroatoms. The summed E-state index contributed by atoms with van der Waals surface area (Å²) in [5, 5.41) is 11.3. The van der Waals surface area contributed by atoms with Crippen molar-refractivity contribution in [3.05, 3.63) is 46.9 Å². The van der Waals surface area contributed by atoms with Gasteiger partial charge in [0.2, 0.25) is 5.91 Å². The van der Waals surface area contributed by atoms with Gasteiger partial charge < -0.3 is 22.5 Å². The van der Waals surface area contributed by atoms with Crippen molar-refractivity contribution in [2.24, 2.45) is 10.7 Å². The number of likely N-dealkylation sites (tertiary alicyclic amines) is 1. The number of nitrogens with zero attached hydrogens (tertiary/aromatic N) is 8. The SMILES string of the molecule is CCCC(=O)N(C)c1cn(-c2ccc(CN3CCC(N/C(N)=N/C(=O)c4nc(Cl)c(N)nc4N)CC3)cc2)nn1. The molecule has 2 aromatic heterocycles. The summed E-state index contributed by atoms with van der Waals surface area (Å²) in [6, 6.07) is 8.14. The Morgan fingerprint density at radius 1 is 1.15 bits per heavy atom. The highest BCUT2D eigenvalue weighted by atomic mass is 35.5. The van der Waals surface area contributed by atoms with Gasteiger partial charge in [-0.15, -0.1) is 5.10 Å². The molecule has 0 spiro atoms. The second-order valence-electron chi connectivity index (χ2n) is 9.52. The number of aromatic nitrogens is 5. The number of rotatable bonds is 8. The zero-order valence-corrected chi connectivity index (χ0v) is 23.2. The molecule has 1 aliphatic rings. The monoisotopic (exact) mass is 568 g/mol. The predicted octanol–water partition coefficient (Wildman–Crippen LogP) is 1.35. The third kappa shape index (κ3) is 7.01. The Morgan fingerprint density at radius 2 is 1.85 bits per heavy atom. The summed E-state index contributed by atoms with van der Waals surface area (Å²) in [5.74, 6) is -0.482. The van der Waals surface area contributed by atoms with Crippen LogP contribution in [0.4, 0.5) is 17.5 Å². The van der Waals surface area contributed by atoms with E-state index in [-0.39, 0.29) is 40.4 Å². The lowest BCUT2D eigenvalue weighted by Gasteiger charge is -2.32. The Hall–Kier alpha value is -4.30. The molecule has 14 nitrogen and oxygen atoms in total. The van der Waals surface area contributed by atoms with Gasteiger partial charge in [0.15, 0.2) is 34.3 Å². The number of halogens is 1. The average Bonchev–Trinajstić information content (AvgIpc) is 3.42. The van der Waals surface area contributed by atoms with Gasteiger partial charge in [0.05, 0.1) is 11.9 Å². The Morgan fingerprint density at radius 3 is 2.52 bits per heavy atom. The lowest BCUT2D eigenvalue weighted by molar-refractivity contribution is -0.118. The molecular formula is C25H33ClN12O2. The molecule has 1 saturated heterocycles. The third-order valence-electron chi connectivity index (χ3n) is 6.54. The van der Waals surface area contributed by atoms with Crippen LogP contribution in [-0.4, -0.2) is 73.8 Å². The second-order valence-corrected chi connectivity index (χ2v) is 9.88. The Balaban J connectivity index is 1.26. The molecule has 3 heterocycles. The molecule has 0 aliphatic carbocycles. The van der Waals surface area contributed by atoms with E-state index in [1.165, 1.54) is 10.5 Å². The number of aliphatic imine (C=N–C) groups is 1. The normalized spacial score (nSPS) is 14.7. The minimum Gasteiger partial charge on any atom is -0.382 e. The molecule has 0 radical (unpaired) electrons. The lowest BCUT2D eigenvalue weighted by Crippen LogP contribution is -2.47. The molecule has 0 atom stereocenters. The molecule has 2 amide bonds. The number of carbonyl (C=O) groups excluding carboxylic acids is 2. The summed E-state index contributed by atoms with van der Waals surface area (Å²) in [6.07, 6.45) is 4.64. The highest BCUT2D eigenvalue weighted by Gasteiger charge is 2.21. The minimum absolute atomic E-state index is 0.0101. The number of piperidine rings is 1. The fourth-order valence-corrected chi connectivity index (χ4v) is 4.42. The number of nitrogens with one attached hydrogen (secondary N) is 1. The van der Waals surface area contributed by atoms with Gasteiger partial charge in [-0.2, -0.15) is 4.99 Å². The summed E-state index contributed by atoms with van der Waals surface area (Å²) in [5.41, 5.74) is 19.0. The van der Waals surface area contributed by atoms with E-state index in [0.717, 1.165) is 44.6 Å². The first-order chi connectivity index (χ1) is 19.1. The molecule has 4 rings (SSSR count). The van der Waals surface area contributed by atoms with Crippen molar-refractivity contribution < 1.29 is 9.59 Å². The van der Waals surface area contributed by atoms with Crippen LogP contribution in [0.5, 0.6) is 0 Å². The van der Waals surface area contributed by atoms with Gasteiger partial charge in [-0.25, -0.2) is 14.6 Å². The first-order valence-electron chi connectivity index (χ1n) is 12.9. The zero-order chi connectivity index (χ0) is 28.8. The van der Waals surface area contributed by atoms with Crippen LogP contribution in [0.15, 0.2) is 35.5 Å². The van der Waals surface area contributed by atoms with E-state index < -0.39 is 5.91 Å². The van der Waals surface area contributed by atoms with Crippen molar-refractivity contribution in [1.82, 2.24) is 35.2 Å². The largest absolute Gasteiger partial charge is 0.382 e. The van der Waals surface area contributed by atoms with Crippen molar-refractivity contribution in [3.63, 3.8) is 0 Å². The molecule has 0 unspecified atom stereocenters. The Labute approximate surface area is 236 Å². The number of hydrogen-bond donors (Lipinski definition) is 4. The molecule has 212 valence electrons. The number of benzene rings is 1. The van der Waals surface area contributed by atoms with Crippen LogP contribution in [-0.2, 0) is 11.3 Å². The standard InChI is InChI=1S/C25H33ClN12O2/c1-3-4-19(39)36(2)18-14-38(35-34-18)17-7-5-15(6-8-17)13-37-11-9-16(10-12-37)30-25(29)33-24(40)20-22(27)32-23(28)21(26)31-20/h5-8,14,16H,3-4,9-13H2,1-2H3,(H4,27,28,32)(H3,29,30,33,40). The van der Waals surface area contributed by atoms with Crippen molar-refractivity contribution in [1.29, 1.82) is 0 Å². The molecule has 3 aromatic rings. The number of carbonyl (C=O) groups is 2. The fourth-order valence-electron chi connectivity index (χ4n) is 4.29. The molecule has 0 saturated carbocycles. The first kappa shape index (κ1) is 28.7. The topological polar surface area (TPSA) is 200 Å². The highest BCUT2D eigenvalue weighted by Crippen LogP contribution is 2.19. The van der Waals surface area contributed by atoms with E-state index in [4.69, 9.17) is 28.8 Å². The molecule has 40 heavy (non-hydrogen) atoms. The maximum Gasteiger partial charge on any atom is 0.302 e. The lowest BCUT2D eigenvalue weighted by atomic mass is 10.0. The van der Waals surface area contributed by atoms with Crippen LogP contribution in [0.3, 0.4) is 0 Å².